The molecule has 0 spiro atoms. The Bertz CT molecular complexity index is 1880. The van der Waals surface area contributed by atoms with Crippen LogP contribution in [0.25, 0.3) is 32.7 Å². The van der Waals surface area contributed by atoms with Gasteiger partial charge in [0.25, 0.3) is 0 Å². The molecule has 42 heavy (non-hydrogen) atoms. The first kappa shape index (κ1) is 27.6. The predicted molar refractivity (Wildman–Crippen MR) is 153 cm³/mol. The number of aromatic hydroxyl groups is 4. The third-order valence-corrected chi connectivity index (χ3v) is 8.33. The molecule has 0 radical (unpaired) electrons. The number of carbonyl (C=O) groups is 2. The normalized spacial score (nSPS) is 21.9. The topological polar surface area (TPSA) is 174 Å². The van der Waals surface area contributed by atoms with Crippen LogP contribution in [0.4, 0.5) is 0 Å². The van der Waals surface area contributed by atoms with Crippen LogP contribution in [0.15, 0.2) is 24.3 Å². The zero-order valence-corrected chi connectivity index (χ0v) is 23.5. The van der Waals surface area contributed by atoms with E-state index >= 15 is 0 Å². The molecule has 6 rings (SSSR count). The second-order valence-electron chi connectivity index (χ2n) is 11.9. The number of phenolic OH excluding ortho intramolecular Hbond substituents is 4. The van der Waals surface area contributed by atoms with E-state index in [9.17, 15) is 40.2 Å². The highest BCUT2D eigenvalue weighted by atomic mass is 16.5. The number of ether oxygens (including phenoxy) is 2. The monoisotopic (exact) mass is 574 g/mol. The molecular weight excluding hydrogens is 544 g/mol. The Kier molecular flexibility index (Phi) is 5.90. The second-order valence-corrected chi connectivity index (χ2v) is 11.9. The van der Waals surface area contributed by atoms with Gasteiger partial charge in [-0.1, -0.05) is 0 Å². The van der Waals surface area contributed by atoms with Crippen molar-refractivity contribution in [3.63, 3.8) is 0 Å². The summed E-state index contributed by atoms with van der Waals surface area (Å²) in [7, 11) is 2.75. The second kappa shape index (κ2) is 8.98. The molecule has 0 fully saturated rings. The first-order chi connectivity index (χ1) is 19.7. The molecule has 4 aromatic rings. The Hall–Kier alpha value is -4.54. The first-order valence-corrected chi connectivity index (χ1v) is 13.4. The maximum Gasteiger partial charge on any atom is 0.169 e. The summed E-state index contributed by atoms with van der Waals surface area (Å²) in [5.74, 6) is -2.53. The zero-order valence-electron chi connectivity index (χ0n) is 23.5. The first-order valence-electron chi connectivity index (χ1n) is 13.4. The fraction of sp³-hybridized carbons (Fsp3) is 0.312. The van der Waals surface area contributed by atoms with E-state index in [1.165, 1.54) is 40.2 Å². The third kappa shape index (κ3) is 3.93. The summed E-state index contributed by atoms with van der Waals surface area (Å²) in [4.78, 5) is 26.3. The molecule has 0 bridgehead atoms. The lowest BCUT2D eigenvalue weighted by Gasteiger charge is -2.33. The third-order valence-electron chi connectivity index (χ3n) is 8.33. The maximum absolute atomic E-state index is 13.3. The molecule has 0 aromatic heterocycles. The van der Waals surface area contributed by atoms with Gasteiger partial charge in [-0.3, -0.25) is 9.59 Å². The average molecular weight is 575 g/mol. The number of hydrogen-bond donors (Lipinski definition) is 6. The highest BCUT2D eigenvalue weighted by Crippen LogP contribution is 2.55. The van der Waals surface area contributed by atoms with Crippen LogP contribution < -0.4 is 9.47 Å². The molecule has 10 heteroatoms. The minimum Gasteiger partial charge on any atom is -0.507 e. The van der Waals surface area contributed by atoms with Gasteiger partial charge < -0.3 is 40.1 Å². The van der Waals surface area contributed by atoms with Crippen molar-refractivity contribution in [2.45, 2.75) is 50.7 Å². The number of methoxy groups -OCH3 is 2. The molecule has 2 aliphatic rings. The van der Waals surface area contributed by atoms with Crippen molar-refractivity contribution in [2.75, 3.05) is 14.2 Å². The van der Waals surface area contributed by atoms with Crippen molar-refractivity contribution in [3.8, 4) is 45.6 Å². The van der Waals surface area contributed by atoms with E-state index in [1.807, 2.05) is 0 Å². The van der Waals surface area contributed by atoms with Crippen LogP contribution in [-0.4, -0.2) is 67.6 Å². The summed E-state index contributed by atoms with van der Waals surface area (Å²) in [6.45, 7) is 3.02. The summed E-state index contributed by atoms with van der Waals surface area (Å²) in [5, 5.41) is 67.5. The molecular formula is C32H30O10. The van der Waals surface area contributed by atoms with Gasteiger partial charge in [-0.05, 0) is 48.6 Å². The van der Waals surface area contributed by atoms with Gasteiger partial charge in [-0.2, -0.15) is 0 Å². The molecule has 218 valence electrons. The van der Waals surface area contributed by atoms with E-state index in [1.54, 1.807) is 12.1 Å². The predicted octanol–water partition coefficient (Wildman–Crippen LogP) is 4.26. The molecule has 10 nitrogen and oxygen atoms in total. The molecule has 2 aliphatic carbocycles. The average Bonchev–Trinajstić information content (AvgIpc) is 2.86. The largest absolute Gasteiger partial charge is 0.507 e. The minimum atomic E-state index is -1.50. The summed E-state index contributed by atoms with van der Waals surface area (Å²) in [5.41, 5.74) is -2.12. The summed E-state index contributed by atoms with van der Waals surface area (Å²) in [6.07, 6.45) is -0.492. The molecule has 4 aromatic carbocycles. The Balaban J connectivity index is 1.81. The lowest BCUT2D eigenvalue weighted by Crippen LogP contribution is -2.36. The van der Waals surface area contributed by atoms with Crippen LogP contribution in [0.3, 0.4) is 0 Å². The molecule has 0 unspecified atom stereocenters. The number of aliphatic hydroxyl groups is 2. The van der Waals surface area contributed by atoms with Crippen LogP contribution >= 0.6 is 0 Å². The van der Waals surface area contributed by atoms with Gasteiger partial charge in [0.05, 0.1) is 52.9 Å². The highest BCUT2D eigenvalue weighted by Gasteiger charge is 2.40. The van der Waals surface area contributed by atoms with Crippen LogP contribution in [-0.2, 0) is 12.8 Å². The van der Waals surface area contributed by atoms with E-state index in [-0.39, 0.29) is 86.9 Å². The van der Waals surface area contributed by atoms with Crippen molar-refractivity contribution in [1.29, 1.82) is 0 Å². The highest BCUT2D eigenvalue weighted by molar-refractivity contribution is 6.18. The van der Waals surface area contributed by atoms with Crippen LogP contribution in [0.5, 0.6) is 34.5 Å². The smallest absolute Gasteiger partial charge is 0.169 e. The Morgan fingerprint density at radius 1 is 0.667 bits per heavy atom. The minimum absolute atomic E-state index is 0.00420. The Morgan fingerprint density at radius 3 is 1.90 bits per heavy atom. The number of benzene rings is 4. The van der Waals surface area contributed by atoms with Gasteiger partial charge in [-0.25, -0.2) is 0 Å². The number of fused-ring (bicyclic) bond motifs is 4. The van der Waals surface area contributed by atoms with Crippen molar-refractivity contribution < 1.29 is 49.7 Å². The van der Waals surface area contributed by atoms with E-state index in [0.717, 1.165) is 0 Å². The standard InChI is InChI=1S/C32H30O10/c1-31(39)9-14-5-13-6-21(42-4)27(29(37)23(13)28(36)22(14)19(34)11-31)24-16-7-15(41-3)8-18(33)25(16)30(38)26-17(24)10-32(2,40)12-20(26)35/h5-8,33,36-40H,9-12H2,1-4H3/t31-,32-/m0/s1. The molecule has 0 aliphatic heterocycles. The maximum atomic E-state index is 13.3. The number of hydrogen-bond acceptors (Lipinski definition) is 10. The summed E-state index contributed by atoms with van der Waals surface area (Å²) < 4.78 is 11.1. The number of rotatable bonds is 3. The molecule has 0 saturated heterocycles. The van der Waals surface area contributed by atoms with Crippen molar-refractivity contribution in [1.82, 2.24) is 0 Å². The Labute approximate surface area is 240 Å². The van der Waals surface area contributed by atoms with Gasteiger partial charge in [0.15, 0.2) is 11.6 Å². The summed E-state index contributed by atoms with van der Waals surface area (Å²) in [6, 6.07) is 5.94. The number of ketones is 2. The molecule has 0 heterocycles. The molecule has 6 N–H and O–H groups in total. The molecule has 2 atom stereocenters. The molecule has 0 saturated carbocycles. The van der Waals surface area contributed by atoms with Crippen molar-refractivity contribution in [2.24, 2.45) is 0 Å². The van der Waals surface area contributed by atoms with Gasteiger partial charge in [0.2, 0.25) is 0 Å². The van der Waals surface area contributed by atoms with E-state index < -0.39 is 40.0 Å². The van der Waals surface area contributed by atoms with Gasteiger partial charge in [0.1, 0.15) is 34.5 Å². The fourth-order valence-corrected chi connectivity index (χ4v) is 6.68. The van der Waals surface area contributed by atoms with Gasteiger partial charge in [0, 0.05) is 42.7 Å². The van der Waals surface area contributed by atoms with E-state index in [4.69, 9.17) is 9.47 Å². The fourth-order valence-electron chi connectivity index (χ4n) is 6.68. The van der Waals surface area contributed by atoms with Crippen LogP contribution in [0.1, 0.15) is 58.5 Å². The molecule has 0 amide bonds. The van der Waals surface area contributed by atoms with E-state index in [0.29, 0.717) is 10.9 Å². The van der Waals surface area contributed by atoms with Crippen LogP contribution in [0.2, 0.25) is 0 Å². The SMILES string of the molecule is COc1cc(O)c2c(O)c3c(c(-c4c(OC)cc5cc6c(c(O)c5c4O)C(=O)C[C@@](C)(O)C6)c2c1)C[C@](C)(O)CC3=O. The number of carbonyl (C=O) groups excluding carboxylic acids is 2. The van der Waals surface area contributed by atoms with Gasteiger partial charge >= 0.3 is 0 Å². The van der Waals surface area contributed by atoms with Crippen molar-refractivity contribution in [3.05, 3.63) is 46.5 Å². The lowest BCUT2D eigenvalue weighted by atomic mass is 9.74. The van der Waals surface area contributed by atoms with Crippen molar-refractivity contribution >= 4 is 33.1 Å². The quantitative estimate of drug-likeness (QED) is 0.207. The Morgan fingerprint density at radius 2 is 1.26 bits per heavy atom. The lowest BCUT2D eigenvalue weighted by molar-refractivity contribution is 0.0396. The number of phenols is 4. The number of Topliss-reactive ketones (excluding diaryl/α,β-unsaturated/α-hetero) is 2. The summed E-state index contributed by atoms with van der Waals surface area (Å²) >= 11 is 0. The van der Waals surface area contributed by atoms with Crippen LogP contribution in [0, 0.1) is 0 Å². The van der Waals surface area contributed by atoms with Gasteiger partial charge in [-0.15, -0.1) is 0 Å². The van der Waals surface area contributed by atoms with E-state index in [2.05, 4.69) is 0 Å². The zero-order chi connectivity index (χ0) is 30.5.